The first kappa shape index (κ1) is 16.4. The van der Waals surface area contributed by atoms with Gasteiger partial charge >= 0.3 is 0 Å². The average Bonchev–Trinajstić information content (AvgIpc) is 2.79. The number of β-amino-alcohol motifs (C(OH)–C–C–N with tert-alkyl or cyclic N) is 1. The van der Waals surface area contributed by atoms with E-state index in [9.17, 15) is 9.90 Å². The van der Waals surface area contributed by atoms with E-state index in [1.54, 1.807) is 0 Å². The highest BCUT2D eigenvalue weighted by atomic mass is 16.3. The van der Waals surface area contributed by atoms with E-state index in [0.29, 0.717) is 13.1 Å². The van der Waals surface area contributed by atoms with Crippen molar-refractivity contribution in [2.45, 2.75) is 51.2 Å². The highest BCUT2D eigenvalue weighted by Gasteiger charge is 2.34. The van der Waals surface area contributed by atoms with Gasteiger partial charge in [0.25, 0.3) is 0 Å². The van der Waals surface area contributed by atoms with E-state index in [0.717, 1.165) is 38.8 Å². The molecule has 0 aromatic heterocycles. The maximum absolute atomic E-state index is 12.0. The largest absolute Gasteiger partial charge is 0.387 e. The molecule has 0 radical (unpaired) electrons. The molecule has 112 valence electrons. The molecule has 1 amide bonds. The fraction of sp³-hybridized carbons (Fsp3) is 0.929. The minimum Gasteiger partial charge on any atom is -0.387 e. The fourth-order valence-electron chi connectivity index (χ4n) is 2.40. The van der Waals surface area contributed by atoms with E-state index in [-0.39, 0.29) is 11.9 Å². The quantitative estimate of drug-likeness (QED) is 0.557. The number of nitrogens with one attached hydrogen (secondary N) is 2. The molecule has 3 N–H and O–H groups in total. The fourth-order valence-corrected chi connectivity index (χ4v) is 2.40. The third-order valence-electron chi connectivity index (χ3n) is 3.89. The molecule has 0 aromatic rings. The lowest BCUT2D eigenvalue weighted by molar-refractivity contribution is -0.126. The summed E-state index contributed by atoms with van der Waals surface area (Å²) in [5, 5.41) is 16.4. The summed E-state index contributed by atoms with van der Waals surface area (Å²) in [4.78, 5) is 13.9. The van der Waals surface area contributed by atoms with Gasteiger partial charge < -0.3 is 15.7 Å². The van der Waals surface area contributed by atoms with Gasteiger partial charge in [-0.3, -0.25) is 9.69 Å². The van der Waals surface area contributed by atoms with Crippen molar-refractivity contribution in [1.82, 2.24) is 15.5 Å². The first-order valence-corrected chi connectivity index (χ1v) is 7.39. The van der Waals surface area contributed by atoms with Gasteiger partial charge in [0.1, 0.15) is 0 Å². The van der Waals surface area contributed by atoms with Crippen LogP contribution in [0.3, 0.4) is 0 Å². The van der Waals surface area contributed by atoms with Crippen LogP contribution in [0.1, 0.15) is 39.5 Å². The van der Waals surface area contributed by atoms with Gasteiger partial charge in [0, 0.05) is 19.6 Å². The number of unbranched alkanes of at least 4 members (excludes halogenated alkanes) is 2. The van der Waals surface area contributed by atoms with Gasteiger partial charge in [-0.1, -0.05) is 19.8 Å². The van der Waals surface area contributed by atoms with Crippen molar-refractivity contribution in [1.29, 1.82) is 0 Å². The van der Waals surface area contributed by atoms with Crippen LogP contribution in [-0.4, -0.2) is 60.8 Å². The van der Waals surface area contributed by atoms with Crippen LogP contribution >= 0.6 is 0 Å². The minimum absolute atomic E-state index is 0.0492. The molecule has 0 spiro atoms. The third-order valence-corrected chi connectivity index (χ3v) is 3.89. The van der Waals surface area contributed by atoms with Crippen molar-refractivity contribution in [3.63, 3.8) is 0 Å². The molecule has 1 rings (SSSR count). The predicted octanol–water partition coefficient (Wildman–Crippen LogP) is 0.338. The summed E-state index contributed by atoms with van der Waals surface area (Å²) in [5.41, 5.74) is -0.689. The Balaban J connectivity index is 2.30. The zero-order valence-corrected chi connectivity index (χ0v) is 12.5. The predicted molar refractivity (Wildman–Crippen MR) is 77.1 cm³/mol. The SMILES string of the molecule is CCCCCNC(=O)C(C)N(C)CC1(O)CCNC1. The molecule has 1 saturated heterocycles. The van der Waals surface area contributed by atoms with Crippen LogP contribution < -0.4 is 10.6 Å². The van der Waals surface area contributed by atoms with E-state index in [1.807, 2.05) is 18.9 Å². The molecule has 0 saturated carbocycles. The van der Waals surface area contributed by atoms with E-state index >= 15 is 0 Å². The number of carbonyl (C=O) groups is 1. The highest BCUT2D eigenvalue weighted by molar-refractivity contribution is 5.81. The number of likely N-dealkylation sites (N-methyl/N-ethyl adjacent to an activating group) is 1. The summed E-state index contributed by atoms with van der Waals surface area (Å²) in [5.74, 6) is 0.0492. The Morgan fingerprint density at radius 2 is 2.26 bits per heavy atom. The molecular weight excluding hydrogens is 242 g/mol. The second-order valence-electron chi connectivity index (χ2n) is 5.74. The van der Waals surface area contributed by atoms with Crippen LogP contribution in [-0.2, 0) is 4.79 Å². The molecule has 5 nitrogen and oxygen atoms in total. The van der Waals surface area contributed by atoms with Crippen LogP contribution in [0.2, 0.25) is 0 Å². The second kappa shape index (κ2) is 7.82. The Morgan fingerprint density at radius 1 is 1.53 bits per heavy atom. The van der Waals surface area contributed by atoms with Crippen LogP contribution in [0.5, 0.6) is 0 Å². The van der Waals surface area contributed by atoms with Gasteiger partial charge in [-0.2, -0.15) is 0 Å². The van der Waals surface area contributed by atoms with Gasteiger partial charge in [0.05, 0.1) is 11.6 Å². The smallest absolute Gasteiger partial charge is 0.237 e. The second-order valence-corrected chi connectivity index (χ2v) is 5.74. The Kier molecular flexibility index (Phi) is 6.75. The number of carbonyl (C=O) groups excluding carboxylic acids is 1. The average molecular weight is 271 g/mol. The van der Waals surface area contributed by atoms with Crippen LogP contribution in [0.4, 0.5) is 0 Å². The van der Waals surface area contributed by atoms with E-state index in [2.05, 4.69) is 17.6 Å². The van der Waals surface area contributed by atoms with Gasteiger partial charge in [0.15, 0.2) is 0 Å². The highest BCUT2D eigenvalue weighted by Crippen LogP contribution is 2.16. The number of hydrogen-bond acceptors (Lipinski definition) is 4. The number of rotatable bonds is 8. The topological polar surface area (TPSA) is 64.6 Å². The van der Waals surface area contributed by atoms with Crippen molar-refractivity contribution < 1.29 is 9.90 Å². The summed E-state index contributed by atoms with van der Waals surface area (Å²) < 4.78 is 0. The van der Waals surface area contributed by atoms with E-state index in [4.69, 9.17) is 0 Å². The minimum atomic E-state index is -0.689. The molecule has 1 aliphatic heterocycles. The van der Waals surface area contributed by atoms with Crippen molar-refractivity contribution >= 4 is 5.91 Å². The zero-order valence-electron chi connectivity index (χ0n) is 12.5. The molecule has 1 fully saturated rings. The Morgan fingerprint density at radius 3 is 2.84 bits per heavy atom. The summed E-state index contributed by atoms with van der Waals surface area (Å²) in [7, 11) is 1.90. The zero-order chi connectivity index (χ0) is 14.3. The molecule has 0 aliphatic carbocycles. The lowest BCUT2D eigenvalue weighted by atomic mass is 10.0. The number of amides is 1. The summed E-state index contributed by atoms with van der Waals surface area (Å²) in [6.45, 7) is 6.78. The number of hydrogen-bond donors (Lipinski definition) is 3. The monoisotopic (exact) mass is 271 g/mol. The van der Waals surface area contributed by atoms with Crippen molar-refractivity contribution in [3.05, 3.63) is 0 Å². The van der Waals surface area contributed by atoms with Crippen LogP contribution in [0, 0.1) is 0 Å². The number of aliphatic hydroxyl groups is 1. The summed E-state index contributed by atoms with van der Waals surface area (Å²) in [6, 6.07) is -0.203. The van der Waals surface area contributed by atoms with E-state index in [1.165, 1.54) is 0 Å². The van der Waals surface area contributed by atoms with Gasteiger partial charge in [-0.15, -0.1) is 0 Å². The van der Waals surface area contributed by atoms with Gasteiger partial charge in [0.2, 0.25) is 5.91 Å². The first-order chi connectivity index (χ1) is 8.98. The molecule has 1 heterocycles. The van der Waals surface area contributed by atoms with Crippen molar-refractivity contribution in [2.75, 3.05) is 33.2 Å². The summed E-state index contributed by atoms with van der Waals surface area (Å²) in [6.07, 6.45) is 4.09. The Labute approximate surface area is 116 Å². The molecule has 1 aliphatic rings. The lowest BCUT2D eigenvalue weighted by Gasteiger charge is -2.31. The molecule has 2 atom stereocenters. The third kappa shape index (κ3) is 5.47. The van der Waals surface area contributed by atoms with Crippen LogP contribution in [0.15, 0.2) is 0 Å². The Hall–Kier alpha value is -0.650. The molecule has 0 bridgehead atoms. The first-order valence-electron chi connectivity index (χ1n) is 7.39. The maximum atomic E-state index is 12.0. The molecular formula is C14H29N3O2. The lowest BCUT2D eigenvalue weighted by Crippen LogP contribution is -2.50. The van der Waals surface area contributed by atoms with Gasteiger partial charge in [-0.25, -0.2) is 0 Å². The standard InChI is InChI=1S/C14H29N3O2/c1-4-5-6-8-16-13(18)12(2)17(3)11-14(19)7-9-15-10-14/h12,15,19H,4-11H2,1-3H3,(H,16,18). The molecule has 0 aromatic carbocycles. The van der Waals surface area contributed by atoms with Crippen molar-refractivity contribution in [2.24, 2.45) is 0 Å². The maximum Gasteiger partial charge on any atom is 0.237 e. The van der Waals surface area contributed by atoms with E-state index < -0.39 is 5.60 Å². The van der Waals surface area contributed by atoms with Crippen molar-refractivity contribution in [3.8, 4) is 0 Å². The normalized spacial score (nSPS) is 24.7. The molecule has 5 heteroatoms. The molecule has 19 heavy (non-hydrogen) atoms. The summed E-state index contributed by atoms with van der Waals surface area (Å²) >= 11 is 0. The van der Waals surface area contributed by atoms with Gasteiger partial charge in [-0.05, 0) is 33.4 Å². The Bertz CT molecular complexity index is 278. The number of nitrogens with zero attached hydrogens (tertiary/aromatic N) is 1. The van der Waals surface area contributed by atoms with Crippen LogP contribution in [0.25, 0.3) is 0 Å². The molecule has 2 unspecified atom stereocenters.